The fraction of sp³-hybridized carbons (Fsp3) is 0.455. The average Bonchev–Trinajstić information content (AvgIpc) is 2.19. The smallest absolute Gasteiger partial charge is 0.189 e. The van der Waals surface area contributed by atoms with Crippen LogP contribution in [0.3, 0.4) is 0 Å². The zero-order valence-corrected chi connectivity index (χ0v) is 8.53. The van der Waals surface area contributed by atoms with Gasteiger partial charge in [0.25, 0.3) is 0 Å². The Kier molecular flexibility index (Phi) is 5.04. The van der Waals surface area contributed by atoms with Crippen LogP contribution in [0.25, 0.3) is 0 Å². The molecule has 0 amide bonds. The summed E-state index contributed by atoms with van der Waals surface area (Å²) in [5, 5.41) is 0. The number of hydrogen-bond donors (Lipinski definition) is 1. The lowest BCUT2D eigenvalue weighted by Gasteiger charge is -2.07. The monoisotopic (exact) mass is 195 g/mol. The van der Waals surface area contributed by atoms with E-state index in [0.29, 0.717) is 19.9 Å². The van der Waals surface area contributed by atoms with Gasteiger partial charge in [0.15, 0.2) is 6.79 Å². The van der Waals surface area contributed by atoms with Gasteiger partial charge in [0.1, 0.15) is 5.75 Å². The average molecular weight is 195 g/mol. The van der Waals surface area contributed by atoms with Gasteiger partial charge in [-0.1, -0.05) is 12.1 Å². The first-order valence-corrected chi connectivity index (χ1v) is 4.86. The zero-order valence-electron chi connectivity index (χ0n) is 8.53. The third kappa shape index (κ3) is 3.77. The van der Waals surface area contributed by atoms with Gasteiger partial charge < -0.3 is 15.2 Å². The lowest BCUT2D eigenvalue weighted by atomic mass is 10.1. The number of hydrogen-bond acceptors (Lipinski definition) is 3. The maximum absolute atomic E-state index is 5.47. The molecule has 14 heavy (non-hydrogen) atoms. The van der Waals surface area contributed by atoms with Crippen molar-refractivity contribution in [2.45, 2.75) is 13.3 Å². The summed E-state index contributed by atoms with van der Waals surface area (Å²) in [5.74, 6) is 0.837. The molecule has 0 aliphatic rings. The maximum atomic E-state index is 5.47. The van der Waals surface area contributed by atoms with E-state index >= 15 is 0 Å². The predicted molar refractivity (Wildman–Crippen MR) is 56.3 cm³/mol. The van der Waals surface area contributed by atoms with Crippen molar-refractivity contribution >= 4 is 0 Å². The third-order valence-corrected chi connectivity index (χ3v) is 1.84. The van der Waals surface area contributed by atoms with Crippen molar-refractivity contribution < 1.29 is 9.47 Å². The van der Waals surface area contributed by atoms with Crippen LogP contribution < -0.4 is 10.5 Å². The summed E-state index contributed by atoms with van der Waals surface area (Å²) in [6.07, 6.45) is 0.881. The molecular formula is C11H17NO2. The SMILES string of the molecule is CCOCOc1cccc(CCN)c1. The lowest BCUT2D eigenvalue weighted by molar-refractivity contribution is 0.0224. The maximum Gasteiger partial charge on any atom is 0.189 e. The van der Waals surface area contributed by atoms with Crippen molar-refractivity contribution in [2.75, 3.05) is 19.9 Å². The van der Waals surface area contributed by atoms with Crippen LogP contribution in [-0.2, 0) is 11.2 Å². The largest absolute Gasteiger partial charge is 0.468 e. The van der Waals surface area contributed by atoms with Gasteiger partial charge in [-0.25, -0.2) is 0 Å². The Morgan fingerprint density at radius 2 is 2.21 bits per heavy atom. The van der Waals surface area contributed by atoms with E-state index in [2.05, 4.69) is 0 Å². The van der Waals surface area contributed by atoms with Crippen molar-refractivity contribution in [3.63, 3.8) is 0 Å². The second kappa shape index (κ2) is 6.40. The summed E-state index contributed by atoms with van der Waals surface area (Å²) in [6, 6.07) is 7.91. The van der Waals surface area contributed by atoms with E-state index < -0.39 is 0 Å². The molecule has 0 unspecified atom stereocenters. The van der Waals surface area contributed by atoms with Gasteiger partial charge in [0.2, 0.25) is 0 Å². The topological polar surface area (TPSA) is 44.5 Å². The van der Waals surface area contributed by atoms with Gasteiger partial charge in [0.05, 0.1) is 0 Å². The molecule has 0 fully saturated rings. The molecule has 78 valence electrons. The van der Waals surface area contributed by atoms with E-state index in [9.17, 15) is 0 Å². The molecule has 3 heteroatoms. The van der Waals surface area contributed by atoms with Gasteiger partial charge in [-0.05, 0) is 37.6 Å². The van der Waals surface area contributed by atoms with Crippen LogP contribution in [0.5, 0.6) is 5.75 Å². The second-order valence-electron chi connectivity index (χ2n) is 2.94. The van der Waals surface area contributed by atoms with Crippen molar-refractivity contribution in [3.05, 3.63) is 29.8 Å². The Morgan fingerprint density at radius 1 is 1.36 bits per heavy atom. The highest BCUT2D eigenvalue weighted by atomic mass is 16.7. The minimum absolute atomic E-state index is 0.308. The van der Waals surface area contributed by atoms with Gasteiger partial charge in [-0.3, -0.25) is 0 Å². The molecule has 0 saturated carbocycles. The van der Waals surface area contributed by atoms with Gasteiger partial charge in [0, 0.05) is 6.61 Å². The molecule has 2 N–H and O–H groups in total. The first kappa shape index (κ1) is 11.0. The van der Waals surface area contributed by atoms with Crippen molar-refractivity contribution in [3.8, 4) is 5.75 Å². The molecule has 0 aliphatic carbocycles. The molecule has 3 nitrogen and oxygen atoms in total. The fourth-order valence-electron chi connectivity index (χ4n) is 1.15. The summed E-state index contributed by atoms with van der Waals surface area (Å²) in [6.45, 7) is 3.58. The van der Waals surface area contributed by atoms with Crippen LogP contribution >= 0.6 is 0 Å². The van der Waals surface area contributed by atoms with Crippen LogP contribution in [0.15, 0.2) is 24.3 Å². The van der Waals surface area contributed by atoms with Crippen molar-refractivity contribution in [1.82, 2.24) is 0 Å². The first-order valence-electron chi connectivity index (χ1n) is 4.86. The summed E-state index contributed by atoms with van der Waals surface area (Å²) < 4.78 is 10.5. The van der Waals surface area contributed by atoms with E-state index in [1.165, 1.54) is 5.56 Å². The minimum Gasteiger partial charge on any atom is -0.468 e. The van der Waals surface area contributed by atoms with Gasteiger partial charge in [-0.2, -0.15) is 0 Å². The molecule has 0 saturated heterocycles. The quantitative estimate of drug-likeness (QED) is 0.553. The molecular weight excluding hydrogens is 178 g/mol. The fourth-order valence-corrected chi connectivity index (χ4v) is 1.15. The third-order valence-electron chi connectivity index (χ3n) is 1.84. The van der Waals surface area contributed by atoms with E-state index in [0.717, 1.165) is 12.2 Å². The molecule has 1 aromatic carbocycles. The molecule has 0 bridgehead atoms. The lowest BCUT2D eigenvalue weighted by Crippen LogP contribution is -2.04. The van der Waals surface area contributed by atoms with E-state index in [1.807, 2.05) is 31.2 Å². The summed E-state index contributed by atoms with van der Waals surface area (Å²) in [7, 11) is 0. The van der Waals surface area contributed by atoms with Crippen LogP contribution in [0, 0.1) is 0 Å². The van der Waals surface area contributed by atoms with Crippen LogP contribution in [0.2, 0.25) is 0 Å². The minimum atomic E-state index is 0.308. The molecule has 1 rings (SSSR count). The number of nitrogens with two attached hydrogens (primary N) is 1. The molecule has 0 heterocycles. The highest BCUT2D eigenvalue weighted by Crippen LogP contribution is 2.13. The number of benzene rings is 1. The number of rotatable bonds is 6. The summed E-state index contributed by atoms with van der Waals surface area (Å²) >= 11 is 0. The van der Waals surface area contributed by atoms with Gasteiger partial charge in [-0.15, -0.1) is 0 Å². The molecule has 0 spiro atoms. The van der Waals surface area contributed by atoms with Gasteiger partial charge >= 0.3 is 0 Å². The Labute approximate surface area is 84.8 Å². The van der Waals surface area contributed by atoms with Crippen LogP contribution in [0.1, 0.15) is 12.5 Å². The van der Waals surface area contributed by atoms with Crippen LogP contribution in [0.4, 0.5) is 0 Å². The molecule has 0 radical (unpaired) electrons. The Morgan fingerprint density at radius 3 is 2.93 bits per heavy atom. The molecule has 0 atom stereocenters. The van der Waals surface area contributed by atoms with Crippen LogP contribution in [-0.4, -0.2) is 19.9 Å². The highest BCUT2D eigenvalue weighted by molar-refractivity contribution is 5.28. The van der Waals surface area contributed by atoms with E-state index in [4.69, 9.17) is 15.2 Å². The second-order valence-corrected chi connectivity index (χ2v) is 2.94. The first-order chi connectivity index (χ1) is 6.86. The molecule has 1 aromatic rings. The molecule has 0 aliphatic heterocycles. The Hall–Kier alpha value is -1.06. The molecule has 0 aromatic heterocycles. The highest BCUT2D eigenvalue weighted by Gasteiger charge is 1.95. The van der Waals surface area contributed by atoms with E-state index in [-0.39, 0.29) is 0 Å². The van der Waals surface area contributed by atoms with Crippen molar-refractivity contribution in [2.24, 2.45) is 5.73 Å². The number of ether oxygens (including phenoxy) is 2. The summed E-state index contributed by atoms with van der Waals surface area (Å²) in [4.78, 5) is 0. The predicted octanol–water partition coefficient (Wildman–Crippen LogP) is 1.56. The Bertz CT molecular complexity index is 263. The normalized spacial score (nSPS) is 10.1. The van der Waals surface area contributed by atoms with E-state index in [1.54, 1.807) is 0 Å². The Balaban J connectivity index is 2.46. The standard InChI is InChI=1S/C11H17NO2/c1-2-13-9-14-11-5-3-4-10(8-11)6-7-12/h3-5,8H,2,6-7,9,12H2,1H3. The zero-order chi connectivity index (χ0) is 10.2. The summed E-state index contributed by atoms with van der Waals surface area (Å²) in [5.41, 5.74) is 6.66. The van der Waals surface area contributed by atoms with Crippen molar-refractivity contribution in [1.29, 1.82) is 0 Å².